The molecule has 0 bridgehead atoms. The van der Waals surface area contributed by atoms with E-state index in [-0.39, 0.29) is 35.0 Å². The first-order chi connectivity index (χ1) is 13.7. The van der Waals surface area contributed by atoms with Gasteiger partial charge < -0.3 is 4.74 Å². The number of amides is 1. The normalized spacial score (nSPS) is 15.6. The van der Waals surface area contributed by atoms with E-state index < -0.39 is 22.6 Å². The summed E-state index contributed by atoms with van der Waals surface area (Å²) in [6.45, 7) is 1.78. The Labute approximate surface area is 162 Å². The first-order valence-corrected chi connectivity index (χ1v) is 8.41. The van der Waals surface area contributed by atoms with Gasteiger partial charge in [-0.2, -0.15) is 18.2 Å². The standard InChI is InChI=1S/C19H14F3N3O4/c1-2-29-17-15(11-12-5-3-4-6-16(12)19(20,21)22)18(26)24(23-17)13-7-9-14(10-8-13)25(27)28/h3-11H,2H2,1H3. The smallest absolute Gasteiger partial charge is 0.416 e. The van der Waals surface area contributed by atoms with Crippen LogP contribution in [0.1, 0.15) is 18.1 Å². The number of benzene rings is 2. The molecule has 2 aromatic rings. The molecule has 10 heteroatoms. The van der Waals surface area contributed by atoms with Crippen LogP contribution in [0, 0.1) is 10.1 Å². The van der Waals surface area contributed by atoms with Gasteiger partial charge >= 0.3 is 6.18 Å². The van der Waals surface area contributed by atoms with Gasteiger partial charge in [0.05, 0.1) is 22.8 Å². The van der Waals surface area contributed by atoms with Crippen LogP contribution in [0.15, 0.2) is 59.2 Å². The Bertz CT molecular complexity index is 1010. The topological polar surface area (TPSA) is 85.0 Å². The highest BCUT2D eigenvalue weighted by Crippen LogP contribution is 2.34. The van der Waals surface area contributed by atoms with Crippen LogP contribution >= 0.6 is 0 Å². The Morgan fingerprint density at radius 3 is 2.41 bits per heavy atom. The number of hydrogen-bond acceptors (Lipinski definition) is 5. The number of nitrogens with zero attached hydrogens (tertiary/aromatic N) is 3. The molecule has 0 fully saturated rings. The Morgan fingerprint density at radius 2 is 1.83 bits per heavy atom. The minimum absolute atomic E-state index is 0.132. The van der Waals surface area contributed by atoms with Gasteiger partial charge in [-0.15, -0.1) is 5.10 Å². The maximum atomic E-state index is 13.3. The molecule has 1 heterocycles. The minimum Gasteiger partial charge on any atom is -0.476 e. The second-order valence-electron chi connectivity index (χ2n) is 5.87. The van der Waals surface area contributed by atoms with Crippen LogP contribution in [0.4, 0.5) is 24.5 Å². The third-order valence-corrected chi connectivity index (χ3v) is 4.00. The number of carbonyl (C=O) groups is 1. The Morgan fingerprint density at radius 1 is 1.17 bits per heavy atom. The highest BCUT2D eigenvalue weighted by molar-refractivity contribution is 6.30. The molecular formula is C19H14F3N3O4. The van der Waals surface area contributed by atoms with E-state index in [4.69, 9.17) is 4.74 Å². The number of anilines is 1. The van der Waals surface area contributed by atoms with Crippen LogP contribution in [-0.4, -0.2) is 23.3 Å². The van der Waals surface area contributed by atoms with Gasteiger partial charge in [-0.1, -0.05) is 18.2 Å². The van der Waals surface area contributed by atoms with E-state index in [0.717, 1.165) is 17.2 Å². The number of nitro groups is 1. The number of halogens is 3. The summed E-state index contributed by atoms with van der Waals surface area (Å²) < 4.78 is 45.1. The number of non-ortho nitro benzene ring substituents is 1. The van der Waals surface area contributed by atoms with Gasteiger partial charge in [0.1, 0.15) is 5.57 Å². The van der Waals surface area contributed by atoms with Gasteiger partial charge in [0.15, 0.2) is 0 Å². The lowest BCUT2D eigenvalue weighted by molar-refractivity contribution is -0.384. The molecule has 2 aromatic carbocycles. The summed E-state index contributed by atoms with van der Waals surface area (Å²) >= 11 is 0. The molecule has 0 atom stereocenters. The van der Waals surface area contributed by atoms with Crippen molar-refractivity contribution in [3.05, 3.63) is 75.3 Å². The summed E-state index contributed by atoms with van der Waals surface area (Å²) in [7, 11) is 0. The van der Waals surface area contributed by atoms with Crippen LogP contribution in [0.5, 0.6) is 0 Å². The summed E-state index contributed by atoms with van der Waals surface area (Å²) in [5.74, 6) is -0.841. The molecule has 29 heavy (non-hydrogen) atoms. The average molecular weight is 405 g/mol. The summed E-state index contributed by atoms with van der Waals surface area (Å²) in [4.78, 5) is 23.0. The number of ether oxygens (including phenoxy) is 1. The van der Waals surface area contributed by atoms with Crippen molar-refractivity contribution in [3.63, 3.8) is 0 Å². The first kappa shape index (κ1) is 20.1. The molecule has 1 aliphatic heterocycles. The Hall–Kier alpha value is -3.69. The summed E-state index contributed by atoms with van der Waals surface area (Å²) in [6.07, 6.45) is -3.53. The van der Waals surface area contributed by atoms with Crippen molar-refractivity contribution in [2.75, 3.05) is 11.6 Å². The zero-order chi connectivity index (χ0) is 21.2. The molecule has 3 rings (SSSR count). The monoisotopic (exact) mass is 405 g/mol. The van der Waals surface area contributed by atoms with Crippen LogP contribution in [0.3, 0.4) is 0 Å². The lowest BCUT2D eigenvalue weighted by Gasteiger charge is -2.12. The van der Waals surface area contributed by atoms with Gasteiger partial charge in [-0.3, -0.25) is 14.9 Å². The molecule has 150 valence electrons. The molecule has 0 saturated heterocycles. The van der Waals surface area contributed by atoms with E-state index in [0.29, 0.717) is 0 Å². The van der Waals surface area contributed by atoms with Crippen LogP contribution in [0.2, 0.25) is 0 Å². The van der Waals surface area contributed by atoms with E-state index in [1.807, 2.05) is 0 Å². The quantitative estimate of drug-likeness (QED) is 0.429. The van der Waals surface area contributed by atoms with Gasteiger partial charge in [0.2, 0.25) is 5.90 Å². The van der Waals surface area contributed by atoms with Crippen molar-refractivity contribution in [1.29, 1.82) is 0 Å². The lowest BCUT2D eigenvalue weighted by atomic mass is 10.0. The molecule has 0 aromatic heterocycles. The molecule has 0 saturated carbocycles. The highest BCUT2D eigenvalue weighted by atomic mass is 19.4. The maximum Gasteiger partial charge on any atom is 0.416 e. The van der Waals surface area contributed by atoms with Crippen molar-refractivity contribution in [2.45, 2.75) is 13.1 Å². The molecule has 0 unspecified atom stereocenters. The number of hydrogen-bond donors (Lipinski definition) is 0. The summed E-state index contributed by atoms with van der Waals surface area (Å²) in [5, 5.41) is 15.7. The number of carbonyl (C=O) groups excluding carboxylic acids is 1. The van der Waals surface area contributed by atoms with Crippen LogP contribution in [0.25, 0.3) is 6.08 Å². The Balaban J connectivity index is 2.03. The van der Waals surface area contributed by atoms with Crippen LogP contribution < -0.4 is 5.01 Å². The van der Waals surface area contributed by atoms with E-state index in [1.165, 1.54) is 42.5 Å². The number of hydrazone groups is 1. The minimum atomic E-state index is -4.60. The second kappa shape index (κ2) is 7.74. The fraction of sp³-hybridized carbons (Fsp3) is 0.158. The predicted molar refractivity (Wildman–Crippen MR) is 99.1 cm³/mol. The lowest BCUT2D eigenvalue weighted by Crippen LogP contribution is -2.21. The van der Waals surface area contributed by atoms with E-state index in [9.17, 15) is 28.1 Å². The van der Waals surface area contributed by atoms with Gasteiger partial charge in [0, 0.05) is 12.1 Å². The zero-order valence-corrected chi connectivity index (χ0v) is 15.0. The average Bonchev–Trinajstić information content (AvgIpc) is 2.98. The summed E-state index contributed by atoms with van der Waals surface area (Å²) in [6, 6.07) is 9.84. The SMILES string of the molecule is CCOC1=NN(c2ccc([N+](=O)[O-])cc2)C(=O)C1=Cc1ccccc1C(F)(F)F. The van der Waals surface area contributed by atoms with Crippen molar-refractivity contribution in [1.82, 2.24) is 0 Å². The molecule has 0 aliphatic carbocycles. The maximum absolute atomic E-state index is 13.3. The molecule has 0 radical (unpaired) electrons. The van der Waals surface area contributed by atoms with Gasteiger partial charge in [-0.05, 0) is 36.8 Å². The second-order valence-corrected chi connectivity index (χ2v) is 5.87. The molecule has 7 nitrogen and oxygen atoms in total. The third kappa shape index (κ3) is 4.10. The number of rotatable bonds is 4. The van der Waals surface area contributed by atoms with Gasteiger partial charge in [-0.25, -0.2) is 0 Å². The van der Waals surface area contributed by atoms with Crippen molar-refractivity contribution in [3.8, 4) is 0 Å². The zero-order valence-electron chi connectivity index (χ0n) is 15.0. The number of alkyl halides is 3. The van der Waals surface area contributed by atoms with Crippen molar-refractivity contribution in [2.24, 2.45) is 5.10 Å². The molecule has 0 N–H and O–H groups in total. The summed E-state index contributed by atoms with van der Waals surface area (Å²) in [5.41, 5.74) is -1.22. The van der Waals surface area contributed by atoms with Crippen molar-refractivity contribution >= 4 is 29.3 Å². The first-order valence-electron chi connectivity index (χ1n) is 8.41. The van der Waals surface area contributed by atoms with E-state index in [2.05, 4.69) is 5.10 Å². The third-order valence-electron chi connectivity index (χ3n) is 4.00. The van der Waals surface area contributed by atoms with Crippen molar-refractivity contribution < 1.29 is 27.6 Å². The van der Waals surface area contributed by atoms with Crippen LogP contribution in [-0.2, 0) is 15.7 Å². The van der Waals surface area contributed by atoms with Gasteiger partial charge in [0.25, 0.3) is 11.6 Å². The molecule has 0 spiro atoms. The highest BCUT2D eigenvalue weighted by Gasteiger charge is 2.36. The largest absolute Gasteiger partial charge is 0.476 e. The van der Waals surface area contributed by atoms with E-state index >= 15 is 0 Å². The predicted octanol–water partition coefficient (Wildman–Crippen LogP) is 4.39. The van der Waals surface area contributed by atoms with E-state index in [1.54, 1.807) is 6.92 Å². The fourth-order valence-corrected chi connectivity index (χ4v) is 2.69. The molecule has 1 amide bonds. The number of nitro benzene ring substituents is 1. The molecular weight excluding hydrogens is 391 g/mol. The fourth-order valence-electron chi connectivity index (χ4n) is 2.69. The molecule has 1 aliphatic rings. The Kier molecular flexibility index (Phi) is 5.35.